The van der Waals surface area contributed by atoms with Gasteiger partial charge in [-0.05, 0) is 25.0 Å². The van der Waals surface area contributed by atoms with Crippen molar-refractivity contribution < 1.29 is 14.3 Å². The van der Waals surface area contributed by atoms with Gasteiger partial charge in [-0.3, -0.25) is 9.69 Å². The molecule has 1 aliphatic heterocycles. The number of amides is 1. The minimum Gasteiger partial charge on any atom is -0.490 e. The molecule has 1 amide bonds. The first kappa shape index (κ1) is 14.8. The molecule has 0 radical (unpaired) electrons. The van der Waals surface area contributed by atoms with E-state index in [-0.39, 0.29) is 18.6 Å². The number of carbonyl (C=O) groups excluding carboxylic acids is 1. The molecule has 2 N–H and O–H groups in total. The van der Waals surface area contributed by atoms with Crippen molar-refractivity contribution in [2.45, 2.75) is 20.0 Å². The number of primary amides is 1. The molecule has 1 aliphatic rings. The summed E-state index contributed by atoms with van der Waals surface area (Å²) in [6.07, 6.45) is -0.0258. The molecule has 5 nitrogen and oxygen atoms in total. The molecule has 5 heteroatoms. The van der Waals surface area contributed by atoms with Crippen molar-refractivity contribution in [2.75, 3.05) is 32.8 Å². The van der Waals surface area contributed by atoms with Gasteiger partial charge in [0.25, 0.3) is 0 Å². The van der Waals surface area contributed by atoms with E-state index in [0.717, 1.165) is 23.4 Å². The topological polar surface area (TPSA) is 64.8 Å². The summed E-state index contributed by atoms with van der Waals surface area (Å²) in [6, 6.07) is 6.08. The lowest BCUT2D eigenvalue weighted by atomic mass is 10.1. The lowest BCUT2D eigenvalue weighted by molar-refractivity contribution is -0.121. The Morgan fingerprint density at radius 2 is 2.15 bits per heavy atom. The van der Waals surface area contributed by atoms with E-state index in [4.69, 9.17) is 15.2 Å². The first-order chi connectivity index (χ1) is 9.56. The van der Waals surface area contributed by atoms with Crippen LogP contribution in [0, 0.1) is 13.8 Å². The van der Waals surface area contributed by atoms with Crippen molar-refractivity contribution >= 4 is 5.91 Å². The summed E-state index contributed by atoms with van der Waals surface area (Å²) in [5.41, 5.74) is 7.46. The molecule has 0 saturated carbocycles. The number of rotatable bonds is 5. The summed E-state index contributed by atoms with van der Waals surface area (Å²) in [5.74, 6) is 0.615. The van der Waals surface area contributed by atoms with Gasteiger partial charge in [-0.15, -0.1) is 0 Å². The van der Waals surface area contributed by atoms with Gasteiger partial charge in [-0.2, -0.15) is 0 Å². The summed E-state index contributed by atoms with van der Waals surface area (Å²) >= 11 is 0. The summed E-state index contributed by atoms with van der Waals surface area (Å²) in [5, 5.41) is 0. The molecule has 1 aromatic carbocycles. The van der Waals surface area contributed by atoms with Gasteiger partial charge in [0.1, 0.15) is 18.5 Å². The van der Waals surface area contributed by atoms with Gasteiger partial charge in [0.05, 0.1) is 13.2 Å². The zero-order chi connectivity index (χ0) is 14.5. The predicted octanol–water partition coefficient (Wildman–Crippen LogP) is 0.868. The number of para-hydroxylation sites is 1. The highest BCUT2D eigenvalue weighted by Crippen LogP contribution is 2.22. The van der Waals surface area contributed by atoms with Crippen LogP contribution in [0.2, 0.25) is 0 Å². The number of aryl methyl sites for hydroxylation is 2. The average Bonchev–Trinajstić information content (AvgIpc) is 2.38. The molecule has 0 aliphatic carbocycles. The zero-order valence-electron chi connectivity index (χ0n) is 12.1. The van der Waals surface area contributed by atoms with E-state index in [9.17, 15) is 4.79 Å². The van der Waals surface area contributed by atoms with Crippen LogP contribution < -0.4 is 10.5 Å². The standard InChI is InChI=1S/C15H22N2O3/c1-11-4-3-5-12(2)15(11)20-10-13-8-17(6-7-19-13)9-14(16)18/h3-5,13H,6-10H2,1-2H3,(H2,16,18)/t13-/m1/s1. The number of morpholine rings is 1. The van der Waals surface area contributed by atoms with Gasteiger partial charge in [-0.25, -0.2) is 0 Å². The molecule has 20 heavy (non-hydrogen) atoms. The van der Waals surface area contributed by atoms with Crippen LogP contribution in [0.15, 0.2) is 18.2 Å². The van der Waals surface area contributed by atoms with Crippen LogP contribution >= 0.6 is 0 Å². The van der Waals surface area contributed by atoms with Crippen molar-refractivity contribution in [2.24, 2.45) is 5.73 Å². The summed E-state index contributed by atoms with van der Waals surface area (Å²) < 4.78 is 11.6. The van der Waals surface area contributed by atoms with Crippen LogP contribution in [-0.2, 0) is 9.53 Å². The van der Waals surface area contributed by atoms with Gasteiger partial charge in [0.2, 0.25) is 5.91 Å². The third kappa shape index (κ3) is 3.95. The van der Waals surface area contributed by atoms with Gasteiger partial charge < -0.3 is 15.2 Å². The van der Waals surface area contributed by atoms with Crippen molar-refractivity contribution in [3.63, 3.8) is 0 Å². The summed E-state index contributed by atoms with van der Waals surface area (Å²) in [7, 11) is 0. The fourth-order valence-corrected chi connectivity index (χ4v) is 2.45. The normalized spacial score (nSPS) is 19.8. The number of benzene rings is 1. The molecular formula is C15H22N2O3. The number of carbonyl (C=O) groups is 1. The van der Waals surface area contributed by atoms with Crippen LogP contribution in [0.3, 0.4) is 0 Å². The summed E-state index contributed by atoms with van der Waals surface area (Å²) in [6.45, 7) is 6.85. The maximum Gasteiger partial charge on any atom is 0.231 e. The molecule has 0 unspecified atom stereocenters. The molecule has 1 saturated heterocycles. The van der Waals surface area contributed by atoms with Crippen molar-refractivity contribution in [3.05, 3.63) is 29.3 Å². The van der Waals surface area contributed by atoms with Crippen LogP contribution in [0.25, 0.3) is 0 Å². The van der Waals surface area contributed by atoms with Crippen LogP contribution in [0.4, 0.5) is 0 Å². The molecule has 0 aromatic heterocycles. The minimum atomic E-state index is -0.304. The Labute approximate surface area is 119 Å². The second-order valence-corrected chi connectivity index (χ2v) is 5.23. The van der Waals surface area contributed by atoms with Crippen molar-refractivity contribution in [3.8, 4) is 5.75 Å². The quantitative estimate of drug-likeness (QED) is 0.868. The first-order valence-electron chi connectivity index (χ1n) is 6.87. The highest BCUT2D eigenvalue weighted by molar-refractivity contribution is 5.75. The Hall–Kier alpha value is -1.59. The Bertz CT molecular complexity index is 456. The number of nitrogens with zero attached hydrogens (tertiary/aromatic N) is 1. The van der Waals surface area contributed by atoms with Gasteiger partial charge in [-0.1, -0.05) is 18.2 Å². The highest BCUT2D eigenvalue weighted by Gasteiger charge is 2.22. The van der Waals surface area contributed by atoms with Crippen molar-refractivity contribution in [1.29, 1.82) is 0 Å². The molecule has 1 atom stereocenters. The number of hydrogen-bond acceptors (Lipinski definition) is 4. The Morgan fingerprint density at radius 1 is 1.45 bits per heavy atom. The van der Waals surface area contributed by atoms with E-state index in [1.54, 1.807) is 0 Å². The lowest BCUT2D eigenvalue weighted by Crippen LogP contribution is -2.47. The largest absolute Gasteiger partial charge is 0.490 e. The Kier molecular flexibility index (Phi) is 4.98. The van der Waals surface area contributed by atoms with E-state index in [0.29, 0.717) is 19.8 Å². The van der Waals surface area contributed by atoms with Crippen LogP contribution in [0.5, 0.6) is 5.75 Å². The van der Waals surface area contributed by atoms with E-state index in [1.165, 1.54) is 0 Å². The molecular weight excluding hydrogens is 256 g/mol. The molecule has 110 valence electrons. The molecule has 0 bridgehead atoms. The molecule has 0 spiro atoms. The zero-order valence-corrected chi connectivity index (χ0v) is 12.1. The minimum absolute atomic E-state index is 0.0258. The second kappa shape index (κ2) is 6.72. The summed E-state index contributed by atoms with van der Waals surface area (Å²) in [4.78, 5) is 13.0. The molecule has 1 heterocycles. The maximum absolute atomic E-state index is 11.0. The fourth-order valence-electron chi connectivity index (χ4n) is 2.45. The fraction of sp³-hybridized carbons (Fsp3) is 0.533. The third-order valence-corrected chi connectivity index (χ3v) is 3.42. The second-order valence-electron chi connectivity index (χ2n) is 5.23. The monoisotopic (exact) mass is 278 g/mol. The first-order valence-corrected chi connectivity index (χ1v) is 6.87. The van der Waals surface area contributed by atoms with Crippen LogP contribution in [-0.4, -0.2) is 49.8 Å². The van der Waals surface area contributed by atoms with E-state index < -0.39 is 0 Å². The number of ether oxygens (including phenoxy) is 2. The Morgan fingerprint density at radius 3 is 2.80 bits per heavy atom. The highest BCUT2D eigenvalue weighted by atomic mass is 16.5. The van der Waals surface area contributed by atoms with Crippen molar-refractivity contribution in [1.82, 2.24) is 4.90 Å². The van der Waals surface area contributed by atoms with Gasteiger partial charge in [0, 0.05) is 13.1 Å². The Balaban J connectivity index is 1.89. The number of nitrogens with two attached hydrogens (primary N) is 1. The lowest BCUT2D eigenvalue weighted by Gasteiger charge is -2.32. The van der Waals surface area contributed by atoms with Gasteiger partial charge in [0.15, 0.2) is 0 Å². The molecule has 2 rings (SSSR count). The maximum atomic E-state index is 11.0. The van der Waals surface area contributed by atoms with E-state index >= 15 is 0 Å². The predicted molar refractivity (Wildman–Crippen MR) is 76.8 cm³/mol. The SMILES string of the molecule is Cc1cccc(C)c1OC[C@H]1CN(CC(N)=O)CCO1. The molecule has 1 aromatic rings. The van der Waals surface area contributed by atoms with Crippen LogP contribution in [0.1, 0.15) is 11.1 Å². The smallest absolute Gasteiger partial charge is 0.231 e. The van der Waals surface area contributed by atoms with Gasteiger partial charge >= 0.3 is 0 Å². The van der Waals surface area contributed by atoms with E-state index in [1.807, 2.05) is 36.9 Å². The third-order valence-electron chi connectivity index (χ3n) is 3.42. The van der Waals surface area contributed by atoms with E-state index in [2.05, 4.69) is 0 Å². The average molecular weight is 278 g/mol. The molecule has 1 fully saturated rings. The number of hydrogen-bond donors (Lipinski definition) is 1.